The zero-order valence-corrected chi connectivity index (χ0v) is 10.9. The van der Waals surface area contributed by atoms with E-state index in [0.29, 0.717) is 0 Å². The van der Waals surface area contributed by atoms with Gasteiger partial charge in [0.2, 0.25) is 0 Å². The van der Waals surface area contributed by atoms with Gasteiger partial charge in [-0.2, -0.15) is 0 Å². The summed E-state index contributed by atoms with van der Waals surface area (Å²) in [6.07, 6.45) is 17.4. The Labute approximate surface area is 97.6 Å². The Bertz CT molecular complexity index is 147. The van der Waals surface area contributed by atoms with Gasteiger partial charge in [0, 0.05) is 0 Å². The largest absolute Gasteiger partial charge is 0.0845 e. The van der Waals surface area contributed by atoms with Crippen molar-refractivity contribution in [3.05, 3.63) is 23.2 Å². The van der Waals surface area contributed by atoms with Crippen LogP contribution in [0, 0.1) is 0 Å². The molecule has 0 spiro atoms. The van der Waals surface area contributed by atoms with E-state index in [1.54, 1.807) is 0 Å². The zero-order valence-electron chi connectivity index (χ0n) is 9.34. The van der Waals surface area contributed by atoms with Gasteiger partial charge in [-0.1, -0.05) is 79.6 Å². The van der Waals surface area contributed by atoms with Gasteiger partial charge < -0.3 is 0 Å². The van der Waals surface area contributed by atoms with Crippen LogP contribution < -0.4 is 0 Å². The van der Waals surface area contributed by atoms with Gasteiger partial charge in [0.05, 0.1) is 0 Å². The molecule has 0 atom stereocenters. The van der Waals surface area contributed by atoms with Crippen LogP contribution in [0.2, 0.25) is 0 Å². The standard InChI is InChI=1S/C13H23Br/c1-2-3-4-5-6-7-8-9-10-11-12-13-14/h10-13H,2-9H2,1H3/b11-10-,13-12+. The molecule has 0 fully saturated rings. The number of hydrogen-bond donors (Lipinski definition) is 0. The molecule has 0 nitrogen and oxygen atoms in total. The topological polar surface area (TPSA) is 0 Å². The number of allylic oxidation sites excluding steroid dienone is 3. The van der Waals surface area contributed by atoms with E-state index in [9.17, 15) is 0 Å². The fourth-order valence-corrected chi connectivity index (χ4v) is 1.61. The molecule has 0 saturated carbocycles. The summed E-state index contributed by atoms with van der Waals surface area (Å²) in [5.41, 5.74) is 0. The van der Waals surface area contributed by atoms with Crippen molar-refractivity contribution in [3.8, 4) is 0 Å². The van der Waals surface area contributed by atoms with Gasteiger partial charge in [-0.05, 0) is 17.8 Å². The Kier molecular flexibility index (Phi) is 12.9. The van der Waals surface area contributed by atoms with Crippen molar-refractivity contribution < 1.29 is 0 Å². The first-order valence-corrected chi connectivity index (χ1v) is 6.75. The molecular formula is C13H23Br. The number of rotatable bonds is 9. The van der Waals surface area contributed by atoms with Crippen molar-refractivity contribution in [2.45, 2.75) is 58.3 Å². The highest BCUT2D eigenvalue weighted by Gasteiger charge is 1.88. The Morgan fingerprint density at radius 3 is 2.14 bits per heavy atom. The molecule has 0 aliphatic rings. The molecule has 0 heterocycles. The summed E-state index contributed by atoms with van der Waals surface area (Å²) < 4.78 is 0. The molecule has 0 rings (SSSR count). The molecule has 0 N–H and O–H groups in total. The van der Waals surface area contributed by atoms with Crippen molar-refractivity contribution in [2.24, 2.45) is 0 Å². The monoisotopic (exact) mass is 258 g/mol. The highest BCUT2D eigenvalue weighted by molar-refractivity contribution is 9.11. The first-order chi connectivity index (χ1) is 6.91. The SMILES string of the molecule is CCCCCCCCC/C=C\C=C\Br. The quantitative estimate of drug-likeness (QED) is 0.374. The summed E-state index contributed by atoms with van der Waals surface area (Å²) in [5.74, 6) is 0. The summed E-state index contributed by atoms with van der Waals surface area (Å²) >= 11 is 3.24. The van der Waals surface area contributed by atoms with Crippen LogP contribution in [0.4, 0.5) is 0 Å². The minimum atomic E-state index is 1.23. The first-order valence-electron chi connectivity index (χ1n) is 5.83. The molecule has 0 aromatic rings. The van der Waals surface area contributed by atoms with Gasteiger partial charge in [-0.15, -0.1) is 0 Å². The van der Waals surface area contributed by atoms with E-state index in [2.05, 4.69) is 35.0 Å². The normalized spacial score (nSPS) is 11.9. The fraction of sp³-hybridized carbons (Fsp3) is 0.692. The van der Waals surface area contributed by atoms with E-state index in [-0.39, 0.29) is 0 Å². The molecule has 0 aliphatic carbocycles. The summed E-state index contributed by atoms with van der Waals surface area (Å²) in [6, 6.07) is 0. The lowest BCUT2D eigenvalue weighted by Gasteiger charge is -1.98. The Hall–Kier alpha value is -0.0400. The van der Waals surface area contributed by atoms with Crippen molar-refractivity contribution >= 4 is 15.9 Å². The maximum Gasteiger partial charge on any atom is -0.0189 e. The van der Waals surface area contributed by atoms with Crippen LogP contribution in [0.15, 0.2) is 23.2 Å². The van der Waals surface area contributed by atoms with Crippen molar-refractivity contribution in [1.82, 2.24) is 0 Å². The maximum atomic E-state index is 3.24. The van der Waals surface area contributed by atoms with Gasteiger partial charge in [-0.25, -0.2) is 0 Å². The van der Waals surface area contributed by atoms with Gasteiger partial charge in [0.15, 0.2) is 0 Å². The van der Waals surface area contributed by atoms with Crippen LogP contribution in [-0.4, -0.2) is 0 Å². The van der Waals surface area contributed by atoms with E-state index < -0.39 is 0 Å². The Morgan fingerprint density at radius 1 is 0.857 bits per heavy atom. The number of unbranched alkanes of at least 4 members (excludes halogenated alkanes) is 7. The predicted molar refractivity (Wildman–Crippen MR) is 69.8 cm³/mol. The molecule has 0 amide bonds. The second-order valence-corrected chi connectivity index (χ2v) is 4.19. The molecule has 1 heteroatoms. The van der Waals surface area contributed by atoms with Gasteiger partial charge in [0.1, 0.15) is 0 Å². The average molecular weight is 259 g/mol. The van der Waals surface area contributed by atoms with Crippen LogP contribution in [-0.2, 0) is 0 Å². The molecule has 14 heavy (non-hydrogen) atoms. The Morgan fingerprint density at radius 2 is 1.50 bits per heavy atom. The number of hydrogen-bond acceptors (Lipinski definition) is 0. The van der Waals surface area contributed by atoms with E-state index in [0.717, 1.165) is 0 Å². The third-order valence-corrected chi connectivity index (χ3v) is 2.60. The summed E-state index contributed by atoms with van der Waals surface area (Å²) in [6.45, 7) is 2.27. The minimum absolute atomic E-state index is 1.23. The maximum absolute atomic E-state index is 3.24. The molecule has 0 saturated heterocycles. The predicted octanol–water partition coefficient (Wildman–Crippen LogP) is 5.59. The molecule has 0 aromatic carbocycles. The highest BCUT2D eigenvalue weighted by atomic mass is 79.9. The lowest BCUT2D eigenvalue weighted by Crippen LogP contribution is -1.78. The molecule has 0 bridgehead atoms. The zero-order chi connectivity index (χ0) is 10.5. The van der Waals surface area contributed by atoms with Crippen LogP contribution in [0.25, 0.3) is 0 Å². The molecule has 0 aliphatic heterocycles. The lowest BCUT2D eigenvalue weighted by atomic mass is 10.1. The third kappa shape index (κ3) is 12.0. The summed E-state index contributed by atoms with van der Waals surface area (Å²) in [5, 5.41) is 0. The van der Waals surface area contributed by atoms with Crippen molar-refractivity contribution in [2.75, 3.05) is 0 Å². The van der Waals surface area contributed by atoms with E-state index in [1.807, 2.05) is 11.1 Å². The van der Waals surface area contributed by atoms with Crippen LogP contribution >= 0.6 is 15.9 Å². The second kappa shape index (κ2) is 13.0. The molecular weight excluding hydrogens is 236 g/mol. The van der Waals surface area contributed by atoms with Crippen LogP contribution in [0.1, 0.15) is 58.3 Å². The van der Waals surface area contributed by atoms with Gasteiger partial charge in [-0.3, -0.25) is 0 Å². The minimum Gasteiger partial charge on any atom is -0.0845 e. The average Bonchev–Trinajstić information content (AvgIpc) is 2.21. The summed E-state index contributed by atoms with van der Waals surface area (Å²) in [4.78, 5) is 1.88. The first kappa shape index (κ1) is 14.0. The molecule has 0 radical (unpaired) electrons. The van der Waals surface area contributed by atoms with Crippen molar-refractivity contribution in [1.29, 1.82) is 0 Å². The summed E-state index contributed by atoms with van der Waals surface area (Å²) in [7, 11) is 0. The van der Waals surface area contributed by atoms with Gasteiger partial charge in [0.25, 0.3) is 0 Å². The lowest BCUT2D eigenvalue weighted by molar-refractivity contribution is 0.592. The van der Waals surface area contributed by atoms with Crippen LogP contribution in [0.3, 0.4) is 0 Å². The Balaban J connectivity index is 2.98. The highest BCUT2D eigenvalue weighted by Crippen LogP contribution is 2.08. The molecule has 0 unspecified atom stereocenters. The van der Waals surface area contributed by atoms with E-state index in [4.69, 9.17) is 0 Å². The van der Waals surface area contributed by atoms with E-state index in [1.165, 1.54) is 51.4 Å². The third-order valence-electron chi connectivity index (χ3n) is 2.29. The van der Waals surface area contributed by atoms with E-state index >= 15 is 0 Å². The van der Waals surface area contributed by atoms with Gasteiger partial charge >= 0.3 is 0 Å². The second-order valence-electron chi connectivity index (χ2n) is 3.66. The fourth-order valence-electron chi connectivity index (χ4n) is 1.44. The number of halogens is 1. The molecule has 82 valence electrons. The molecule has 0 aromatic heterocycles. The van der Waals surface area contributed by atoms with Crippen LogP contribution in [0.5, 0.6) is 0 Å². The van der Waals surface area contributed by atoms with Crippen molar-refractivity contribution in [3.63, 3.8) is 0 Å². The smallest absolute Gasteiger partial charge is 0.0189 e.